The van der Waals surface area contributed by atoms with Gasteiger partial charge in [0.2, 0.25) is 0 Å². The van der Waals surface area contributed by atoms with E-state index < -0.39 is 11.9 Å². The molecule has 1 fully saturated rings. The molecule has 3 rings (SSSR count). The quantitative estimate of drug-likeness (QED) is 0.721. The SMILES string of the molecule is C[C@@H]1CN(c2ccc(C#N)c(Cl)c2)[C@@H](C)CN1C(=O)c1ccc(C(F)(F)F)nc1. The fourth-order valence-corrected chi connectivity index (χ4v) is 3.61. The van der Waals surface area contributed by atoms with Crippen LogP contribution in [0.4, 0.5) is 18.9 Å². The van der Waals surface area contributed by atoms with Crippen LogP contribution in [0.5, 0.6) is 0 Å². The number of nitrogens with zero attached hydrogens (tertiary/aromatic N) is 4. The third kappa shape index (κ3) is 4.30. The van der Waals surface area contributed by atoms with Gasteiger partial charge in [-0.15, -0.1) is 0 Å². The van der Waals surface area contributed by atoms with Crippen LogP contribution in [-0.2, 0) is 6.18 Å². The Morgan fingerprint density at radius 2 is 1.93 bits per heavy atom. The lowest BCUT2D eigenvalue weighted by Gasteiger charge is -2.45. The largest absolute Gasteiger partial charge is 0.433 e. The average molecular weight is 423 g/mol. The summed E-state index contributed by atoms with van der Waals surface area (Å²) in [6.07, 6.45) is -3.58. The first-order chi connectivity index (χ1) is 13.6. The fraction of sp³-hybridized carbons (Fsp3) is 0.350. The first kappa shape index (κ1) is 20.9. The van der Waals surface area contributed by atoms with E-state index in [1.165, 1.54) is 0 Å². The number of nitriles is 1. The average Bonchev–Trinajstić information content (AvgIpc) is 2.68. The van der Waals surface area contributed by atoms with Gasteiger partial charge in [-0.25, -0.2) is 0 Å². The zero-order valence-electron chi connectivity index (χ0n) is 15.7. The van der Waals surface area contributed by atoms with Crippen LogP contribution in [0.3, 0.4) is 0 Å². The van der Waals surface area contributed by atoms with Gasteiger partial charge < -0.3 is 9.80 Å². The van der Waals surface area contributed by atoms with Crippen LogP contribution < -0.4 is 4.90 Å². The third-order valence-electron chi connectivity index (χ3n) is 4.95. The first-order valence-electron chi connectivity index (χ1n) is 8.92. The first-order valence-corrected chi connectivity index (χ1v) is 9.30. The van der Waals surface area contributed by atoms with Crippen molar-refractivity contribution in [1.82, 2.24) is 9.88 Å². The van der Waals surface area contributed by atoms with Gasteiger partial charge in [-0.05, 0) is 44.2 Å². The number of halogens is 4. The number of carbonyl (C=O) groups excluding carboxylic acids is 1. The zero-order valence-corrected chi connectivity index (χ0v) is 16.5. The molecule has 2 heterocycles. The van der Waals surface area contributed by atoms with Crippen molar-refractivity contribution in [2.45, 2.75) is 32.1 Å². The smallest absolute Gasteiger partial charge is 0.365 e. The molecule has 0 spiro atoms. The minimum Gasteiger partial charge on any atom is -0.365 e. The van der Waals surface area contributed by atoms with Crippen LogP contribution >= 0.6 is 11.6 Å². The lowest BCUT2D eigenvalue weighted by atomic mass is 10.0. The van der Waals surface area contributed by atoms with Gasteiger partial charge in [-0.1, -0.05) is 11.6 Å². The molecule has 2 aromatic rings. The van der Waals surface area contributed by atoms with E-state index in [0.29, 0.717) is 23.7 Å². The molecule has 0 N–H and O–H groups in total. The highest BCUT2D eigenvalue weighted by atomic mass is 35.5. The highest BCUT2D eigenvalue weighted by Gasteiger charge is 2.35. The molecule has 1 aromatic carbocycles. The van der Waals surface area contributed by atoms with E-state index in [1.807, 2.05) is 26.0 Å². The Hall–Kier alpha value is -2.79. The Morgan fingerprint density at radius 3 is 2.48 bits per heavy atom. The van der Waals surface area contributed by atoms with Gasteiger partial charge in [0.25, 0.3) is 5.91 Å². The van der Waals surface area contributed by atoms with Crippen molar-refractivity contribution in [2.24, 2.45) is 0 Å². The van der Waals surface area contributed by atoms with E-state index in [1.54, 1.807) is 17.0 Å². The summed E-state index contributed by atoms with van der Waals surface area (Å²) in [5, 5.41) is 9.38. The van der Waals surface area contributed by atoms with Crippen molar-refractivity contribution in [3.05, 3.63) is 58.4 Å². The van der Waals surface area contributed by atoms with Gasteiger partial charge in [0.1, 0.15) is 11.8 Å². The summed E-state index contributed by atoms with van der Waals surface area (Å²) < 4.78 is 38.0. The summed E-state index contributed by atoms with van der Waals surface area (Å²) in [6.45, 7) is 4.73. The number of hydrogen-bond donors (Lipinski definition) is 0. The molecule has 0 radical (unpaired) electrons. The van der Waals surface area contributed by atoms with Crippen LogP contribution in [0.2, 0.25) is 5.02 Å². The lowest BCUT2D eigenvalue weighted by molar-refractivity contribution is -0.141. The maximum Gasteiger partial charge on any atom is 0.433 e. The summed E-state index contributed by atoms with van der Waals surface area (Å²) in [5.41, 5.74) is 0.321. The van der Waals surface area contributed by atoms with Crippen LogP contribution in [0.25, 0.3) is 0 Å². The van der Waals surface area contributed by atoms with E-state index in [9.17, 15) is 18.0 Å². The number of aromatic nitrogens is 1. The molecule has 2 atom stereocenters. The number of carbonyl (C=O) groups is 1. The molecule has 0 unspecified atom stereocenters. The Balaban J connectivity index is 1.77. The number of benzene rings is 1. The van der Waals surface area contributed by atoms with Gasteiger partial charge >= 0.3 is 6.18 Å². The number of amides is 1. The molecule has 29 heavy (non-hydrogen) atoms. The monoisotopic (exact) mass is 422 g/mol. The predicted molar refractivity (Wildman–Crippen MR) is 103 cm³/mol. The summed E-state index contributed by atoms with van der Waals surface area (Å²) >= 11 is 6.14. The Morgan fingerprint density at radius 1 is 1.21 bits per heavy atom. The van der Waals surface area contributed by atoms with Gasteiger partial charge in [-0.2, -0.15) is 18.4 Å². The second-order valence-corrected chi connectivity index (χ2v) is 7.42. The van der Waals surface area contributed by atoms with Crippen molar-refractivity contribution in [3.63, 3.8) is 0 Å². The standard InChI is InChI=1S/C20H18ClF3N4O/c1-12-11-28(19(29)15-4-6-18(26-9-15)20(22,23)24)13(2)10-27(12)16-5-3-14(8-25)17(21)7-16/h3-7,9,12-13H,10-11H2,1-2H3/t12-,13+/m0/s1. The lowest BCUT2D eigenvalue weighted by Crippen LogP contribution is -2.58. The minimum absolute atomic E-state index is 0.0541. The minimum atomic E-state index is -4.54. The fourth-order valence-electron chi connectivity index (χ4n) is 3.40. The van der Waals surface area contributed by atoms with E-state index in [4.69, 9.17) is 16.9 Å². The van der Waals surface area contributed by atoms with E-state index in [2.05, 4.69) is 9.88 Å². The highest BCUT2D eigenvalue weighted by Crippen LogP contribution is 2.29. The topological polar surface area (TPSA) is 60.2 Å². The third-order valence-corrected chi connectivity index (χ3v) is 5.27. The molecular weight excluding hydrogens is 405 g/mol. The van der Waals surface area contributed by atoms with E-state index in [0.717, 1.165) is 24.0 Å². The summed E-state index contributed by atoms with van der Waals surface area (Å²) in [6, 6.07) is 8.94. The van der Waals surface area contributed by atoms with Crippen molar-refractivity contribution >= 4 is 23.2 Å². The molecule has 152 valence electrons. The van der Waals surface area contributed by atoms with E-state index in [-0.39, 0.29) is 23.6 Å². The van der Waals surface area contributed by atoms with Gasteiger partial charge in [-0.3, -0.25) is 9.78 Å². The second kappa shape index (κ2) is 7.91. The van der Waals surface area contributed by atoms with Crippen LogP contribution in [0, 0.1) is 11.3 Å². The van der Waals surface area contributed by atoms with Crippen molar-refractivity contribution < 1.29 is 18.0 Å². The zero-order chi connectivity index (χ0) is 21.3. The molecule has 1 aromatic heterocycles. The number of piperazine rings is 1. The normalized spacial score (nSPS) is 19.8. The van der Waals surface area contributed by atoms with Crippen molar-refractivity contribution in [2.75, 3.05) is 18.0 Å². The molecule has 0 bridgehead atoms. The molecule has 0 aliphatic carbocycles. The Bertz CT molecular complexity index is 956. The molecule has 1 aliphatic heterocycles. The van der Waals surface area contributed by atoms with Crippen LogP contribution in [-0.4, -0.2) is 41.0 Å². The van der Waals surface area contributed by atoms with Crippen molar-refractivity contribution in [1.29, 1.82) is 5.26 Å². The molecule has 9 heteroatoms. The molecular formula is C20H18ClF3N4O. The maximum absolute atomic E-state index is 12.8. The van der Waals surface area contributed by atoms with Crippen LogP contribution in [0.1, 0.15) is 35.5 Å². The summed E-state index contributed by atoms with van der Waals surface area (Å²) in [4.78, 5) is 19.9. The number of anilines is 1. The van der Waals surface area contributed by atoms with E-state index >= 15 is 0 Å². The number of hydrogen-bond acceptors (Lipinski definition) is 4. The Labute approximate surface area is 171 Å². The molecule has 1 saturated heterocycles. The maximum atomic E-state index is 12.8. The number of pyridine rings is 1. The summed E-state index contributed by atoms with van der Waals surface area (Å²) in [7, 11) is 0. The number of alkyl halides is 3. The van der Waals surface area contributed by atoms with Gasteiger partial charge in [0, 0.05) is 37.1 Å². The van der Waals surface area contributed by atoms with Crippen molar-refractivity contribution in [3.8, 4) is 6.07 Å². The van der Waals surface area contributed by atoms with Gasteiger partial charge in [0.05, 0.1) is 16.1 Å². The van der Waals surface area contributed by atoms with Crippen LogP contribution in [0.15, 0.2) is 36.5 Å². The highest BCUT2D eigenvalue weighted by molar-refractivity contribution is 6.32. The molecule has 0 saturated carbocycles. The predicted octanol–water partition coefficient (Wildman–Crippen LogP) is 4.36. The number of rotatable bonds is 2. The molecule has 1 aliphatic rings. The Kier molecular flexibility index (Phi) is 5.71. The molecule has 5 nitrogen and oxygen atoms in total. The second-order valence-electron chi connectivity index (χ2n) is 7.01. The van der Waals surface area contributed by atoms with Gasteiger partial charge in [0.15, 0.2) is 0 Å². The summed E-state index contributed by atoms with van der Waals surface area (Å²) in [5.74, 6) is -0.358. The molecule has 1 amide bonds.